The first-order chi connectivity index (χ1) is 8.59. The highest BCUT2D eigenvalue weighted by molar-refractivity contribution is 5.39. The van der Waals surface area contributed by atoms with Crippen LogP contribution in [0, 0.1) is 11.6 Å². The molecule has 100 valence electrons. The lowest BCUT2D eigenvalue weighted by atomic mass is 9.89. The summed E-state index contributed by atoms with van der Waals surface area (Å²) in [5.41, 5.74) is -0.0724. The van der Waals surface area contributed by atoms with Gasteiger partial charge < -0.3 is 10.1 Å². The van der Waals surface area contributed by atoms with Gasteiger partial charge in [0.1, 0.15) is 5.82 Å². The number of nitrogens with one attached hydrogen (secondary N) is 1. The van der Waals surface area contributed by atoms with Crippen LogP contribution < -0.4 is 10.1 Å². The van der Waals surface area contributed by atoms with Crippen LogP contribution in [0.3, 0.4) is 0 Å². The summed E-state index contributed by atoms with van der Waals surface area (Å²) in [6, 6.07) is 1.75. The van der Waals surface area contributed by atoms with Gasteiger partial charge in [-0.15, -0.1) is 0 Å². The van der Waals surface area contributed by atoms with Crippen LogP contribution in [0.2, 0.25) is 0 Å². The number of piperidine rings is 1. The SMILES string of the molecule is Fc1ccc(F)c(C2CCNCC2)c1OC(F)F. The van der Waals surface area contributed by atoms with E-state index in [0.717, 1.165) is 12.1 Å². The molecule has 2 rings (SSSR count). The third-order valence-corrected chi connectivity index (χ3v) is 3.05. The molecule has 1 aromatic carbocycles. The number of hydrogen-bond donors (Lipinski definition) is 1. The van der Waals surface area contributed by atoms with Gasteiger partial charge in [-0.05, 0) is 44.0 Å². The second kappa shape index (κ2) is 5.56. The molecule has 1 saturated heterocycles. The molecular weight excluding hydrogens is 250 g/mol. The molecular formula is C12H13F4NO. The van der Waals surface area contributed by atoms with Crippen LogP contribution in [0.4, 0.5) is 17.6 Å². The van der Waals surface area contributed by atoms with E-state index in [4.69, 9.17) is 0 Å². The van der Waals surface area contributed by atoms with Crippen LogP contribution in [0.25, 0.3) is 0 Å². The summed E-state index contributed by atoms with van der Waals surface area (Å²) < 4.78 is 55.9. The number of ether oxygens (including phenoxy) is 1. The molecule has 1 N–H and O–H groups in total. The van der Waals surface area contributed by atoms with E-state index in [2.05, 4.69) is 10.1 Å². The minimum atomic E-state index is -3.17. The van der Waals surface area contributed by atoms with Gasteiger partial charge in [0.2, 0.25) is 0 Å². The monoisotopic (exact) mass is 263 g/mol. The van der Waals surface area contributed by atoms with E-state index in [1.54, 1.807) is 0 Å². The Morgan fingerprint density at radius 3 is 2.33 bits per heavy atom. The van der Waals surface area contributed by atoms with Gasteiger partial charge in [0.05, 0.1) is 0 Å². The van der Waals surface area contributed by atoms with Crippen molar-refractivity contribution < 1.29 is 22.3 Å². The lowest BCUT2D eigenvalue weighted by Crippen LogP contribution is -2.27. The third-order valence-electron chi connectivity index (χ3n) is 3.05. The third kappa shape index (κ3) is 2.75. The molecule has 1 aliphatic heterocycles. The predicted molar refractivity (Wildman–Crippen MR) is 57.8 cm³/mol. The molecule has 0 aliphatic carbocycles. The lowest BCUT2D eigenvalue weighted by molar-refractivity contribution is -0.0533. The molecule has 18 heavy (non-hydrogen) atoms. The van der Waals surface area contributed by atoms with E-state index in [1.807, 2.05) is 0 Å². The molecule has 0 atom stereocenters. The van der Waals surface area contributed by atoms with E-state index < -0.39 is 24.0 Å². The number of alkyl halides is 2. The molecule has 0 spiro atoms. The second-order valence-corrected chi connectivity index (χ2v) is 4.17. The molecule has 0 saturated carbocycles. The van der Waals surface area contributed by atoms with Crippen LogP contribution in [-0.4, -0.2) is 19.7 Å². The molecule has 1 fully saturated rings. The number of benzene rings is 1. The summed E-state index contributed by atoms with van der Waals surface area (Å²) in [5, 5.41) is 3.07. The Balaban J connectivity index is 2.38. The molecule has 0 bridgehead atoms. The average molecular weight is 263 g/mol. The van der Waals surface area contributed by atoms with Gasteiger partial charge in [-0.2, -0.15) is 8.78 Å². The van der Waals surface area contributed by atoms with Crippen molar-refractivity contribution in [1.82, 2.24) is 5.32 Å². The van der Waals surface area contributed by atoms with Crippen LogP contribution >= 0.6 is 0 Å². The fourth-order valence-corrected chi connectivity index (χ4v) is 2.25. The van der Waals surface area contributed by atoms with Crippen molar-refractivity contribution in [3.05, 3.63) is 29.3 Å². The second-order valence-electron chi connectivity index (χ2n) is 4.17. The highest BCUT2D eigenvalue weighted by Gasteiger charge is 2.26. The zero-order valence-electron chi connectivity index (χ0n) is 9.56. The summed E-state index contributed by atoms with van der Waals surface area (Å²) in [7, 11) is 0. The maximum Gasteiger partial charge on any atom is 0.387 e. The van der Waals surface area contributed by atoms with Crippen LogP contribution in [0.5, 0.6) is 5.75 Å². The minimum absolute atomic E-state index is 0.0724. The standard InChI is InChI=1S/C12H13F4NO/c13-8-1-2-9(14)11(18-12(15)16)10(8)7-3-5-17-6-4-7/h1-2,7,12,17H,3-6H2. The van der Waals surface area contributed by atoms with Crippen molar-refractivity contribution in [2.75, 3.05) is 13.1 Å². The summed E-state index contributed by atoms with van der Waals surface area (Å²) in [4.78, 5) is 0. The quantitative estimate of drug-likeness (QED) is 0.846. The van der Waals surface area contributed by atoms with Crippen molar-refractivity contribution >= 4 is 0 Å². The Hall–Kier alpha value is -1.30. The van der Waals surface area contributed by atoms with Gasteiger partial charge >= 0.3 is 6.61 Å². The molecule has 1 aromatic rings. The highest BCUT2D eigenvalue weighted by atomic mass is 19.3. The Bertz CT molecular complexity index is 419. The molecule has 1 aliphatic rings. The topological polar surface area (TPSA) is 21.3 Å². The Morgan fingerprint density at radius 2 is 1.72 bits per heavy atom. The van der Waals surface area contributed by atoms with Gasteiger partial charge in [-0.3, -0.25) is 0 Å². The Morgan fingerprint density at radius 1 is 1.11 bits per heavy atom. The largest absolute Gasteiger partial charge is 0.431 e. The predicted octanol–water partition coefficient (Wildman–Crippen LogP) is 3.03. The van der Waals surface area contributed by atoms with E-state index in [-0.39, 0.29) is 11.5 Å². The zero-order chi connectivity index (χ0) is 13.1. The molecule has 0 amide bonds. The molecule has 1 heterocycles. The Labute approximate surface area is 102 Å². The highest BCUT2D eigenvalue weighted by Crippen LogP contribution is 2.37. The number of hydrogen-bond acceptors (Lipinski definition) is 2. The van der Waals surface area contributed by atoms with Crippen LogP contribution in [-0.2, 0) is 0 Å². The van der Waals surface area contributed by atoms with E-state index in [9.17, 15) is 17.6 Å². The van der Waals surface area contributed by atoms with E-state index in [0.29, 0.717) is 25.9 Å². The normalized spacial score (nSPS) is 17.2. The average Bonchev–Trinajstić information content (AvgIpc) is 2.35. The Kier molecular flexibility index (Phi) is 4.06. The molecule has 2 nitrogen and oxygen atoms in total. The smallest absolute Gasteiger partial charge is 0.387 e. The number of halogens is 4. The summed E-state index contributed by atoms with van der Waals surface area (Å²) in [5.74, 6) is -2.60. The summed E-state index contributed by atoms with van der Waals surface area (Å²) >= 11 is 0. The van der Waals surface area contributed by atoms with Gasteiger partial charge in [-0.1, -0.05) is 0 Å². The molecule has 0 aromatic heterocycles. The number of rotatable bonds is 3. The molecule has 0 unspecified atom stereocenters. The fourth-order valence-electron chi connectivity index (χ4n) is 2.25. The molecule has 6 heteroatoms. The lowest BCUT2D eigenvalue weighted by Gasteiger charge is -2.25. The van der Waals surface area contributed by atoms with Crippen LogP contribution in [0.15, 0.2) is 12.1 Å². The first-order valence-electron chi connectivity index (χ1n) is 5.73. The van der Waals surface area contributed by atoms with Gasteiger partial charge in [0, 0.05) is 5.56 Å². The summed E-state index contributed by atoms with van der Waals surface area (Å²) in [6.07, 6.45) is 1.14. The van der Waals surface area contributed by atoms with Crippen molar-refractivity contribution in [1.29, 1.82) is 0 Å². The molecule has 0 radical (unpaired) electrons. The summed E-state index contributed by atoms with van der Waals surface area (Å²) in [6.45, 7) is -1.87. The van der Waals surface area contributed by atoms with Crippen molar-refractivity contribution in [2.45, 2.75) is 25.4 Å². The first kappa shape index (κ1) is 13.1. The maximum atomic E-state index is 13.8. The van der Waals surface area contributed by atoms with Gasteiger partial charge in [-0.25, -0.2) is 8.78 Å². The first-order valence-corrected chi connectivity index (χ1v) is 5.73. The van der Waals surface area contributed by atoms with Crippen molar-refractivity contribution in [3.63, 3.8) is 0 Å². The maximum absolute atomic E-state index is 13.8. The van der Waals surface area contributed by atoms with Crippen molar-refractivity contribution in [2.24, 2.45) is 0 Å². The van der Waals surface area contributed by atoms with Gasteiger partial charge in [0.25, 0.3) is 0 Å². The van der Waals surface area contributed by atoms with Crippen molar-refractivity contribution in [3.8, 4) is 5.75 Å². The van der Waals surface area contributed by atoms with E-state index >= 15 is 0 Å². The minimum Gasteiger partial charge on any atom is -0.431 e. The van der Waals surface area contributed by atoms with E-state index in [1.165, 1.54) is 0 Å². The fraction of sp³-hybridized carbons (Fsp3) is 0.500. The van der Waals surface area contributed by atoms with Crippen LogP contribution in [0.1, 0.15) is 24.3 Å². The van der Waals surface area contributed by atoms with Gasteiger partial charge in [0.15, 0.2) is 11.6 Å². The zero-order valence-corrected chi connectivity index (χ0v) is 9.56.